The van der Waals surface area contributed by atoms with Crippen LogP contribution in [0.2, 0.25) is 5.15 Å². The molecule has 1 aliphatic heterocycles. The van der Waals surface area contributed by atoms with Crippen molar-refractivity contribution in [2.24, 2.45) is 5.92 Å². The standard InChI is InChI=1S/C12H15ClN4O/c1-8(9-2-4-18-5-3-9)17-12-10(6-15-17)14-7-11(13)16-12/h6-9H,2-5H2,1H3/t8-/m0/s1. The molecule has 1 aliphatic rings. The van der Waals surface area contributed by atoms with Gasteiger partial charge in [-0.3, -0.25) is 0 Å². The van der Waals surface area contributed by atoms with E-state index in [1.54, 1.807) is 12.4 Å². The summed E-state index contributed by atoms with van der Waals surface area (Å²) >= 11 is 5.90. The molecule has 0 radical (unpaired) electrons. The maximum atomic E-state index is 5.90. The van der Waals surface area contributed by atoms with E-state index in [-0.39, 0.29) is 0 Å². The first kappa shape index (κ1) is 11.9. The topological polar surface area (TPSA) is 52.8 Å². The van der Waals surface area contributed by atoms with Crippen LogP contribution < -0.4 is 0 Å². The van der Waals surface area contributed by atoms with E-state index in [4.69, 9.17) is 16.3 Å². The van der Waals surface area contributed by atoms with Crippen LogP contribution in [0.15, 0.2) is 12.4 Å². The molecular formula is C12H15ClN4O. The van der Waals surface area contributed by atoms with Crippen LogP contribution in [0.25, 0.3) is 11.2 Å². The number of nitrogens with zero attached hydrogens (tertiary/aromatic N) is 4. The second-order valence-electron chi connectivity index (χ2n) is 4.68. The highest BCUT2D eigenvalue weighted by molar-refractivity contribution is 6.29. The molecule has 0 N–H and O–H groups in total. The molecule has 1 atom stereocenters. The smallest absolute Gasteiger partial charge is 0.178 e. The Labute approximate surface area is 110 Å². The SMILES string of the molecule is C[C@@H](C1CCOCC1)n1ncc2ncc(Cl)nc21. The second-order valence-corrected chi connectivity index (χ2v) is 5.07. The summed E-state index contributed by atoms with van der Waals surface area (Å²) < 4.78 is 7.33. The molecular weight excluding hydrogens is 252 g/mol. The maximum absolute atomic E-state index is 5.90. The monoisotopic (exact) mass is 266 g/mol. The fourth-order valence-corrected chi connectivity index (χ4v) is 2.62. The highest BCUT2D eigenvalue weighted by Gasteiger charge is 2.24. The summed E-state index contributed by atoms with van der Waals surface area (Å²) in [4.78, 5) is 8.55. The average molecular weight is 267 g/mol. The van der Waals surface area contributed by atoms with E-state index >= 15 is 0 Å². The zero-order chi connectivity index (χ0) is 12.5. The van der Waals surface area contributed by atoms with Crippen LogP contribution in [0, 0.1) is 5.92 Å². The van der Waals surface area contributed by atoms with E-state index in [0.29, 0.717) is 17.1 Å². The van der Waals surface area contributed by atoms with Crippen LogP contribution in [0.3, 0.4) is 0 Å². The van der Waals surface area contributed by atoms with Gasteiger partial charge in [-0.15, -0.1) is 0 Å². The molecule has 96 valence electrons. The predicted octanol–water partition coefficient (Wildman–Crippen LogP) is 2.47. The second kappa shape index (κ2) is 4.82. The number of hydrogen-bond acceptors (Lipinski definition) is 4. The molecule has 0 unspecified atom stereocenters. The van der Waals surface area contributed by atoms with Gasteiger partial charge in [0.1, 0.15) is 10.7 Å². The minimum Gasteiger partial charge on any atom is -0.381 e. The van der Waals surface area contributed by atoms with Gasteiger partial charge in [-0.2, -0.15) is 5.10 Å². The molecule has 2 aromatic rings. The molecule has 0 aromatic carbocycles. The zero-order valence-electron chi connectivity index (χ0n) is 10.2. The van der Waals surface area contributed by atoms with Crippen molar-refractivity contribution in [1.29, 1.82) is 0 Å². The number of rotatable bonds is 2. The van der Waals surface area contributed by atoms with E-state index in [2.05, 4.69) is 22.0 Å². The first-order chi connectivity index (χ1) is 8.75. The molecule has 0 bridgehead atoms. The third-order valence-electron chi connectivity index (χ3n) is 3.61. The summed E-state index contributed by atoms with van der Waals surface area (Å²) in [5.41, 5.74) is 1.56. The molecule has 3 rings (SSSR count). The summed E-state index contributed by atoms with van der Waals surface area (Å²) in [6.07, 6.45) is 5.43. The van der Waals surface area contributed by atoms with Crippen LogP contribution in [0.1, 0.15) is 25.8 Å². The third kappa shape index (κ3) is 2.08. The molecule has 0 saturated carbocycles. The first-order valence-corrected chi connectivity index (χ1v) is 6.57. The maximum Gasteiger partial charge on any atom is 0.178 e. The lowest BCUT2D eigenvalue weighted by atomic mass is 9.93. The van der Waals surface area contributed by atoms with Crippen LogP contribution in [0.5, 0.6) is 0 Å². The van der Waals surface area contributed by atoms with Gasteiger partial charge in [0, 0.05) is 13.2 Å². The Hall–Kier alpha value is -1.20. The summed E-state index contributed by atoms with van der Waals surface area (Å²) in [6.45, 7) is 3.84. The normalized spacial score (nSPS) is 19.2. The molecule has 18 heavy (non-hydrogen) atoms. The molecule has 3 heterocycles. The van der Waals surface area contributed by atoms with E-state index in [1.807, 2.05) is 4.68 Å². The zero-order valence-corrected chi connectivity index (χ0v) is 11.0. The minimum absolute atomic E-state index is 0.291. The molecule has 6 heteroatoms. The number of halogens is 1. The Balaban J connectivity index is 1.95. The predicted molar refractivity (Wildman–Crippen MR) is 68.6 cm³/mol. The average Bonchev–Trinajstić information content (AvgIpc) is 2.82. The van der Waals surface area contributed by atoms with Gasteiger partial charge < -0.3 is 4.74 Å². The van der Waals surface area contributed by atoms with Crippen molar-refractivity contribution in [3.63, 3.8) is 0 Å². The van der Waals surface area contributed by atoms with Crippen LogP contribution in [-0.2, 0) is 4.74 Å². The lowest BCUT2D eigenvalue weighted by Crippen LogP contribution is -2.24. The Morgan fingerprint density at radius 3 is 2.94 bits per heavy atom. The van der Waals surface area contributed by atoms with Gasteiger partial charge in [-0.25, -0.2) is 14.6 Å². The third-order valence-corrected chi connectivity index (χ3v) is 3.79. The summed E-state index contributed by atoms with van der Waals surface area (Å²) in [5.74, 6) is 0.572. The Morgan fingerprint density at radius 2 is 2.17 bits per heavy atom. The van der Waals surface area contributed by atoms with E-state index in [1.165, 1.54) is 0 Å². The highest BCUT2D eigenvalue weighted by atomic mass is 35.5. The molecule has 2 aromatic heterocycles. The summed E-state index contributed by atoms with van der Waals surface area (Å²) in [6, 6.07) is 0.291. The quantitative estimate of drug-likeness (QED) is 0.838. The lowest BCUT2D eigenvalue weighted by Gasteiger charge is -2.27. The van der Waals surface area contributed by atoms with Crippen LogP contribution in [0.4, 0.5) is 0 Å². The van der Waals surface area contributed by atoms with Gasteiger partial charge in [-0.1, -0.05) is 11.6 Å². The molecule has 5 nitrogen and oxygen atoms in total. The Bertz CT molecular complexity index is 550. The molecule has 1 saturated heterocycles. The van der Waals surface area contributed by atoms with Crippen molar-refractivity contribution in [3.05, 3.63) is 17.5 Å². The van der Waals surface area contributed by atoms with Gasteiger partial charge in [0.15, 0.2) is 5.65 Å². The molecule has 0 amide bonds. The van der Waals surface area contributed by atoms with Crippen LogP contribution >= 0.6 is 11.6 Å². The van der Waals surface area contributed by atoms with E-state index in [9.17, 15) is 0 Å². The van der Waals surface area contributed by atoms with Gasteiger partial charge in [0.25, 0.3) is 0 Å². The van der Waals surface area contributed by atoms with Crippen molar-refractivity contribution < 1.29 is 4.74 Å². The van der Waals surface area contributed by atoms with Crippen molar-refractivity contribution in [3.8, 4) is 0 Å². The van der Waals surface area contributed by atoms with Crippen LogP contribution in [-0.4, -0.2) is 33.0 Å². The van der Waals surface area contributed by atoms with Crippen molar-refractivity contribution >= 4 is 22.8 Å². The number of fused-ring (bicyclic) bond motifs is 1. The highest BCUT2D eigenvalue weighted by Crippen LogP contribution is 2.28. The number of hydrogen-bond donors (Lipinski definition) is 0. The number of ether oxygens (including phenoxy) is 1. The number of aromatic nitrogens is 4. The Morgan fingerprint density at radius 1 is 1.39 bits per heavy atom. The fraction of sp³-hybridized carbons (Fsp3) is 0.583. The van der Waals surface area contributed by atoms with Crippen molar-refractivity contribution in [1.82, 2.24) is 19.7 Å². The molecule has 1 fully saturated rings. The van der Waals surface area contributed by atoms with Gasteiger partial charge >= 0.3 is 0 Å². The van der Waals surface area contributed by atoms with E-state index < -0.39 is 0 Å². The Kier molecular flexibility index (Phi) is 3.18. The minimum atomic E-state index is 0.291. The fourth-order valence-electron chi connectivity index (χ4n) is 2.50. The van der Waals surface area contributed by atoms with Gasteiger partial charge in [0.05, 0.1) is 18.4 Å². The van der Waals surface area contributed by atoms with E-state index in [0.717, 1.165) is 37.2 Å². The van der Waals surface area contributed by atoms with Gasteiger partial charge in [0.2, 0.25) is 0 Å². The molecule has 0 spiro atoms. The first-order valence-electron chi connectivity index (χ1n) is 6.19. The van der Waals surface area contributed by atoms with Gasteiger partial charge in [-0.05, 0) is 25.7 Å². The van der Waals surface area contributed by atoms with Crippen molar-refractivity contribution in [2.45, 2.75) is 25.8 Å². The molecule has 0 aliphatic carbocycles. The lowest BCUT2D eigenvalue weighted by molar-refractivity contribution is 0.0501. The largest absolute Gasteiger partial charge is 0.381 e. The summed E-state index contributed by atoms with van der Waals surface area (Å²) in [5, 5.41) is 4.81. The summed E-state index contributed by atoms with van der Waals surface area (Å²) in [7, 11) is 0. The van der Waals surface area contributed by atoms with Crippen molar-refractivity contribution in [2.75, 3.05) is 13.2 Å².